The molecule has 29 heavy (non-hydrogen) atoms. The first-order chi connectivity index (χ1) is 14.2. The van der Waals surface area contributed by atoms with Crippen LogP contribution in [-0.2, 0) is 16.1 Å². The lowest BCUT2D eigenvalue weighted by molar-refractivity contribution is -0.113. The Morgan fingerprint density at radius 3 is 2.62 bits per heavy atom. The molecule has 2 aliphatic heterocycles. The number of ether oxygens (including phenoxy) is 2. The number of amides is 1. The van der Waals surface area contributed by atoms with Crippen molar-refractivity contribution in [1.29, 1.82) is 0 Å². The Balaban J connectivity index is 1.37. The number of nitrogens with zero attached hydrogens (tertiary/aromatic N) is 1. The van der Waals surface area contributed by atoms with Gasteiger partial charge in [0.2, 0.25) is 0 Å². The van der Waals surface area contributed by atoms with Crippen LogP contribution < -0.4 is 10.1 Å². The molecule has 1 saturated heterocycles. The van der Waals surface area contributed by atoms with Crippen molar-refractivity contribution in [2.45, 2.75) is 31.8 Å². The van der Waals surface area contributed by atoms with E-state index < -0.39 is 0 Å². The number of hydrogen-bond donors (Lipinski definition) is 1. The van der Waals surface area contributed by atoms with E-state index in [-0.39, 0.29) is 5.91 Å². The summed E-state index contributed by atoms with van der Waals surface area (Å²) in [6, 6.07) is 16.5. The molecule has 1 fully saturated rings. The van der Waals surface area contributed by atoms with E-state index >= 15 is 0 Å². The maximum atomic E-state index is 12.7. The van der Waals surface area contributed by atoms with Crippen LogP contribution in [0.1, 0.15) is 30.4 Å². The number of rotatable bonds is 5. The topological polar surface area (TPSA) is 50.8 Å². The minimum Gasteiger partial charge on any atom is -0.493 e. The van der Waals surface area contributed by atoms with Gasteiger partial charge in [-0.3, -0.25) is 9.69 Å². The first kappa shape index (κ1) is 19.7. The molecule has 2 aromatic rings. The van der Waals surface area contributed by atoms with Gasteiger partial charge in [-0.1, -0.05) is 30.3 Å². The van der Waals surface area contributed by atoms with Crippen LogP contribution in [-0.4, -0.2) is 43.7 Å². The second kappa shape index (κ2) is 9.25. The highest BCUT2D eigenvalue weighted by Crippen LogP contribution is 2.26. The predicted molar refractivity (Wildman–Crippen MR) is 115 cm³/mol. The summed E-state index contributed by atoms with van der Waals surface area (Å²) in [5.74, 6) is 0.755. The van der Waals surface area contributed by atoms with Crippen LogP contribution in [0, 0.1) is 0 Å². The van der Waals surface area contributed by atoms with Gasteiger partial charge in [0, 0.05) is 49.0 Å². The summed E-state index contributed by atoms with van der Waals surface area (Å²) in [6.07, 6.45) is 4.70. The van der Waals surface area contributed by atoms with Gasteiger partial charge in [0.1, 0.15) is 5.75 Å². The Morgan fingerprint density at radius 2 is 1.83 bits per heavy atom. The lowest BCUT2D eigenvalue weighted by Gasteiger charge is -2.31. The molecule has 1 amide bonds. The zero-order chi connectivity index (χ0) is 20.1. The van der Waals surface area contributed by atoms with Crippen molar-refractivity contribution in [2.24, 2.45) is 0 Å². The number of benzene rings is 2. The Kier molecular flexibility index (Phi) is 6.27. The van der Waals surface area contributed by atoms with Crippen LogP contribution in [0.25, 0.3) is 6.08 Å². The second-order valence-electron chi connectivity index (χ2n) is 7.72. The highest BCUT2D eigenvalue weighted by Gasteiger charge is 2.19. The number of nitrogens with one attached hydrogen (secondary N) is 1. The monoisotopic (exact) mass is 392 g/mol. The van der Waals surface area contributed by atoms with Gasteiger partial charge in [-0.05, 0) is 49.7 Å². The van der Waals surface area contributed by atoms with Gasteiger partial charge >= 0.3 is 0 Å². The van der Waals surface area contributed by atoms with Gasteiger partial charge in [-0.15, -0.1) is 0 Å². The van der Waals surface area contributed by atoms with Crippen molar-refractivity contribution in [2.75, 3.05) is 32.2 Å². The first-order valence-electron chi connectivity index (χ1n) is 10.3. The summed E-state index contributed by atoms with van der Waals surface area (Å²) >= 11 is 0. The van der Waals surface area contributed by atoms with Gasteiger partial charge in [0.15, 0.2) is 0 Å². The third-order valence-electron chi connectivity index (χ3n) is 5.63. The number of para-hydroxylation sites is 1. The Morgan fingerprint density at radius 1 is 1.07 bits per heavy atom. The maximum absolute atomic E-state index is 12.7. The third kappa shape index (κ3) is 5.05. The first-order valence-corrected chi connectivity index (χ1v) is 10.3. The van der Waals surface area contributed by atoms with Gasteiger partial charge in [0.25, 0.3) is 5.91 Å². The lowest BCUT2D eigenvalue weighted by atomic mass is 10.1. The molecule has 0 bridgehead atoms. The third-order valence-corrected chi connectivity index (χ3v) is 5.63. The summed E-state index contributed by atoms with van der Waals surface area (Å²) in [7, 11) is 2.17. The van der Waals surface area contributed by atoms with E-state index in [4.69, 9.17) is 9.47 Å². The van der Waals surface area contributed by atoms with Crippen LogP contribution >= 0.6 is 0 Å². The Bertz CT molecular complexity index is 870. The van der Waals surface area contributed by atoms with E-state index in [1.54, 1.807) is 0 Å². The highest BCUT2D eigenvalue weighted by molar-refractivity contribution is 6.07. The molecule has 5 nitrogen and oxygen atoms in total. The molecule has 1 N–H and O–H groups in total. The number of carbonyl (C=O) groups is 1. The molecule has 2 aliphatic rings. The van der Waals surface area contributed by atoms with E-state index in [0.29, 0.717) is 19.1 Å². The van der Waals surface area contributed by atoms with Gasteiger partial charge in [-0.2, -0.15) is 0 Å². The molecule has 0 aliphatic carbocycles. The average molecular weight is 392 g/mol. The standard InChI is InChI=1S/C24H28N2O3/c1-26(22-11-13-28-14-12-22)17-18-6-8-21(9-7-18)25-24(27)20-10-15-29-23-5-3-2-4-19(23)16-20/h2-9,16,22H,10-15,17H2,1H3,(H,25,27). The van der Waals surface area contributed by atoms with Gasteiger partial charge < -0.3 is 14.8 Å². The smallest absolute Gasteiger partial charge is 0.251 e. The fourth-order valence-corrected chi connectivity index (χ4v) is 3.89. The van der Waals surface area contributed by atoms with Crippen molar-refractivity contribution >= 4 is 17.7 Å². The number of anilines is 1. The molecule has 0 atom stereocenters. The normalized spacial score (nSPS) is 17.1. The summed E-state index contributed by atoms with van der Waals surface area (Å²) in [5, 5.41) is 3.02. The largest absolute Gasteiger partial charge is 0.493 e. The van der Waals surface area contributed by atoms with E-state index in [1.165, 1.54) is 5.56 Å². The number of fused-ring (bicyclic) bond motifs is 1. The minimum absolute atomic E-state index is 0.0719. The maximum Gasteiger partial charge on any atom is 0.251 e. The Labute approximate surface area is 172 Å². The van der Waals surface area contributed by atoms with E-state index in [0.717, 1.165) is 55.2 Å². The molecule has 0 saturated carbocycles. The second-order valence-corrected chi connectivity index (χ2v) is 7.72. The highest BCUT2D eigenvalue weighted by atomic mass is 16.5. The zero-order valence-electron chi connectivity index (χ0n) is 16.9. The molecular formula is C24H28N2O3. The van der Waals surface area contributed by atoms with Gasteiger partial charge in [-0.25, -0.2) is 0 Å². The molecule has 0 radical (unpaired) electrons. The lowest BCUT2D eigenvalue weighted by Crippen LogP contribution is -2.36. The molecule has 5 heteroatoms. The summed E-state index contributed by atoms with van der Waals surface area (Å²) in [5.41, 5.74) is 3.74. The van der Waals surface area contributed by atoms with Crippen LogP contribution in [0.15, 0.2) is 54.1 Å². The molecule has 2 aromatic carbocycles. The quantitative estimate of drug-likeness (QED) is 0.832. The molecule has 2 heterocycles. The van der Waals surface area contributed by atoms with E-state index in [2.05, 4.69) is 29.4 Å². The molecular weight excluding hydrogens is 364 g/mol. The molecule has 0 aromatic heterocycles. The zero-order valence-corrected chi connectivity index (χ0v) is 16.9. The van der Waals surface area contributed by atoms with Crippen molar-refractivity contribution in [1.82, 2.24) is 4.90 Å². The van der Waals surface area contributed by atoms with Gasteiger partial charge in [0.05, 0.1) is 6.61 Å². The van der Waals surface area contributed by atoms with Crippen LogP contribution in [0.2, 0.25) is 0 Å². The summed E-state index contributed by atoms with van der Waals surface area (Å²) < 4.78 is 11.2. The molecule has 4 rings (SSSR count). The Hall–Kier alpha value is -2.63. The van der Waals surface area contributed by atoms with Crippen LogP contribution in [0.3, 0.4) is 0 Å². The number of hydrogen-bond acceptors (Lipinski definition) is 4. The van der Waals surface area contributed by atoms with E-state index in [1.807, 2.05) is 42.5 Å². The fraction of sp³-hybridized carbons (Fsp3) is 0.375. The molecule has 0 spiro atoms. The summed E-state index contributed by atoms with van der Waals surface area (Å²) in [6.45, 7) is 3.11. The van der Waals surface area contributed by atoms with Crippen molar-refractivity contribution in [3.8, 4) is 5.75 Å². The fourth-order valence-electron chi connectivity index (χ4n) is 3.89. The molecule has 0 unspecified atom stereocenters. The SMILES string of the molecule is CN(Cc1ccc(NC(=O)C2=Cc3ccccc3OCC2)cc1)C1CCOCC1. The van der Waals surface area contributed by atoms with Crippen LogP contribution in [0.4, 0.5) is 5.69 Å². The molecule has 152 valence electrons. The average Bonchev–Trinajstić information content (AvgIpc) is 2.98. The van der Waals surface area contributed by atoms with Crippen molar-refractivity contribution < 1.29 is 14.3 Å². The predicted octanol–water partition coefficient (Wildman–Crippen LogP) is 4.10. The summed E-state index contributed by atoms with van der Waals surface area (Å²) in [4.78, 5) is 15.1. The number of carbonyl (C=O) groups excluding carboxylic acids is 1. The van der Waals surface area contributed by atoms with E-state index in [9.17, 15) is 4.79 Å². The van der Waals surface area contributed by atoms with Crippen molar-refractivity contribution in [3.63, 3.8) is 0 Å². The van der Waals surface area contributed by atoms with Crippen molar-refractivity contribution in [3.05, 3.63) is 65.2 Å². The minimum atomic E-state index is -0.0719. The van der Waals surface area contributed by atoms with Crippen LogP contribution in [0.5, 0.6) is 5.75 Å².